The minimum absolute atomic E-state index is 0.189. The fourth-order valence-corrected chi connectivity index (χ4v) is 3.44. The molecule has 0 aliphatic rings. The molecule has 3 aromatic rings. The normalized spacial score (nSPS) is 10.5. The number of anilines is 1. The second-order valence-corrected chi connectivity index (χ2v) is 7.86. The number of carbonyl (C=O) groups is 2. The Labute approximate surface area is 205 Å². The van der Waals surface area contributed by atoms with E-state index < -0.39 is 0 Å². The number of nitrogens with zero attached hydrogens (tertiary/aromatic N) is 1. The van der Waals surface area contributed by atoms with E-state index in [2.05, 4.69) is 10.6 Å². The van der Waals surface area contributed by atoms with Gasteiger partial charge in [-0.05, 0) is 60.1 Å². The van der Waals surface area contributed by atoms with Gasteiger partial charge in [0, 0.05) is 19.7 Å². The van der Waals surface area contributed by atoms with Gasteiger partial charge < -0.3 is 15.0 Å². The third-order valence-electron chi connectivity index (χ3n) is 5.13. The van der Waals surface area contributed by atoms with Gasteiger partial charge in [0.1, 0.15) is 5.75 Å². The lowest BCUT2D eigenvalue weighted by Gasteiger charge is -2.22. The van der Waals surface area contributed by atoms with Crippen molar-refractivity contribution in [2.45, 2.75) is 6.42 Å². The monoisotopic (exact) mass is 473 g/mol. The number of benzene rings is 3. The van der Waals surface area contributed by atoms with Crippen LogP contribution in [0.25, 0.3) is 6.08 Å². The Morgan fingerprint density at radius 1 is 0.971 bits per heavy atom. The summed E-state index contributed by atoms with van der Waals surface area (Å²) in [5.41, 5.74) is 3.08. The number of rotatable bonds is 8. The van der Waals surface area contributed by atoms with Crippen molar-refractivity contribution in [1.29, 1.82) is 0 Å². The van der Waals surface area contributed by atoms with Crippen LogP contribution in [0.15, 0.2) is 84.9 Å². The Bertz CT molecular complexity index is 1160. The van der Waals surface area contributed by atoms with Crippen molar-refractivity contribution in [3.8, 4) is 5.75 Å². The molecule has 2 amide bonds. The van der Waals surface area contributed by atoms with Crippen molar-refractivity contribution in [1.82, 2.24) is 10.6 Å². The fourth-order valence-electron chi connectivity index (χ4n) is 3.25. The number of nitrogens with one attached hydrogen (secondary N) is 2. The third-order valence-corrected chi connectivity index (χ3v) is 5.51. The van der Waals surface area contributed by atoms with E-state index in [1.807, 2.05) is 60.7 Å². The molecule has 3 aromatic carbocycles. The molecule has 34 heavy (non-hydrogen) atoms. The second kappa shape index (κ2) is 12.3. The van der Waals surface area contributed by atoms with Gasteiger partial charge in [-0.25, -0.2) is 0 Å². The van der Waals surface area contributed by atoms with Crippen LogP contribution in [0, 0.1) is 0 Å². The van der Waals surface area contributed by atoms with E-state index in [1.165, 1.54) is 6.08 Å². The summed E-state index contributed by atoms with van der Waals surface area (Å²) in [6, 6.07) is 24.4. The van der Waals surface area contributed by atoms with Crippen molar-refractivity contribution in [2.75, 3.05) is 25.6 Å². The highest BCUT2D eigenvalue weighted by Crippen LogP contribution is 2.19. The van der Waals surface area contributed by atoms with Crippen LogP contribution in [-0.4, -0.2) is 37.6 Å². The summed E-state index contributed by atoms with van der Waals surface area (Å²) in [5.74, 6) is 0.177. The van der Waals surface area contributed by atoms with E-state index in [0.29, 0.717) is 17.8 Å². The lowest BCUT2D eigenvalue weighted by Crippen LogP contribution is -2.41. The van der Waals surface area contributed by atoms with E-state index in [0.717, 1.165) is 23.3 Å². The molecule has 0 bridgehead atoms. The topological polar surface area (TPSA) is 70.7 Å². The van der Waals surface area contributed by atoms with Crippen LogP contribution in [0.2, 0.25) is 0 Å². The molecule has 0 aliphatic heterocycles. The Morgan fingerprint density at radius 3 is 2.35 bits per heavy atom. The van der Waals surface area contributed by atoms with E-state index in [-0.39, 0.29) is 16.9 Å². The molecule has 0 radical (unpaired) electrons. The van der Waals surface area contributed by atoms with E-state index in [9.17, 15) is 9.59 Å². The number of ether oxygens (including phenoxy) is 1. The molecule has 0 saturated carbocycles. The average molecular weight is 474 g/mol. The molecule has 0 aromatic heterocycles. The lowest BCUT2D eigenvalue weighted by molar-refractivity contribution is -0.115. The van der Waals surface area contributed by atoms with Gasteiger partial charge in [0.05, 0.1) is 18.4 Å². The van der Waals surface area contributed by atoms with Crippen molar-refractivity contribution in [2.24, 2.45) is 0 Å². The van der Waals surface area contributed by atoms with Gasteiger partial charge in [0.2, 0.25) is 5.91 Å². The number of methoxy groups -OCH3 is 1. The first-order valence-electron chi connectivity index (χ1n) is 10.8. The quantitative estimate of drug-likeness (QED) is 0.379. The van der Waals surface area contributed by atoms with Gasteiger partial charge in [-0.1, -0.05) is 54.6 Å². The summed E-state index contributed by atoms with van der Waals surface area (Å²) >= 11 is 5.41. The molecule has 7 heteroatoms. The van der Waals surface area contributed by atoms with Crippen LogP contribution in [0.5, 0.6) is 5.75 Å². The van der Waals surface area contributed by atoms with Gasteiger partial charge in [-0.15, -0.1) is 0 Å². The van der Waals surface area contributed by atoms with E-state index in [1.54, 1.807) is 43.3 Å². The van der Waals surface area contributed by atoms with Crippen LogP contribution in [-0.2, 0) is 11.2 Å². The summed E-state index contributed by atoms with van der Waals surface area (Å²) < 4.78 is 5.13. The maximum absolute atomic E-state index is 12.8. The average Bonchev–Trinajstić information content (AvgIpc) is 2.87. The van der Waals surface area contributed by atoms with Gasteiger partial charge in [0.25, 0.3) is 5.91 Å². The Hall–Kier alpha value is -3.97. The lowest BCUT2D eigenvalue weighted by atomic mass is 10.1. The minimum Gasteiger partial charge on any atom is -0.497 e. The number of hydrogen-bond acceptors (Lipinski definition) is 4. The Morgan fingerprint density at radius 2 is 1.65 bits per heavy atom. The zero-order valence-corrected chi connectivity index (χ0v) is 20.0. The molecule has 0 atom stereocenters. The molecule has 0 heterocycles. The smallest absolute Gasteiger partial charge is 0.253 e. The highest BCUT2D eigenvalue weighted by Gasteiger charge is 2.17. The molecule has 3 rings (SSSR count). The van der Waals surface area contributed by atoms with Gasteiger partial charge in [0.15, 0.2) is 5.11 Å². The Balaban J connectivity index is 1.59. The van der Waals surface area contributed by atoms with Crippen LogP contribution < -0.4 is 20.3 Å². The number of carbonyl (C=O) groups excluding carboxylic acids is 2. The van der Waals surface area contributed by atoms with Gasteiger partial charge >= 0.3 is 0 Å². The standard InChI is InChI=1S/C27H27N3O3S/c1-30(27(34)29-25(31)17-14-21-12-15-22(33-2)16-13-21)24-11-7-6-10-23(24)26(32)28-19-18-20-8-4-3-5-9-20/h3-17H,18-19H2,1-2H3,(H,28,32)(H,29,31,34). The summed E-state index contributed by atoms with van der Waals surface area (Å²) in [4.78, 5) is 26.8. The van der Waals surface area contributed by atoms with Crippen LogP contribution in [0.3, 0.4) is 0 Å². The zero-order valence-electron chi connectivity index (χ0n) is 19.2. The molecule has 174 valence electrons. The molecule has 2 N–H and O–H groups in total. The van der Waals surface area contributed by atoms with Crippen LogP contribution in [0.4, 0.5) is 5.69 Å². The summed E-state index contributed by atoms with van der Waals surface area (Å²) in [6.45, 7) is 0.512. The number of para-hydroxylation sites is 1. The molecular weight excluding hydrogens is 446 g/mol. The van der Waals surface area contributed by atoms with Crippen molar-refractivity contribution in [3.05, 3.63) is 102 Å². The predicted molar refractivity (Wildman–Crippen MR) is 140 cm³/mol. The SMILES string of the molecule is COc1ccc(C=CC(=O)NC(=S)N(C)c2ccccc2C(=O)NCCc2ccccc2)cc1. The molecule has 0 aliphatic carbocycles. The largest absolute Gasteiger partial charge is 0.497 e. The fraction of sp³-hybridized carbons (Fsp3) is 0.148. The highest BCUT2D eigenvalue weighted by molar-refractivity contribution is 7.80. The minimum atomic E-state index is -0.363. The molecule has 0 fully saturated rings. The number of amides is 2. The first kappa shape index (κ1) is 24.7. The first-order chi connectivity index (χ1) is 16.5. The van der Waals surface area contributed by atoms with Crippen LogP contribution in [0.1, 0.15) is 21.5 Å². The van der Waals surface area contributed by atoms with Crippen molar-refractivity contribution in [3.63, 3.8) is 0 Å². The summed E-state index contributed by atoms with van der Waals surface area (Å²) in [6.07, 6.45) is 3.83. The van der Waals surface area contributed by atoms with Crippen LogP contribution >= 0.6 is 12.2 Å². The maximum Gasteiger partial charge on any atom is 0.253 e. The maximum atomic E-state index is 12.8. The van der Waals surface area contributed by atoms with Crippen molar-refractivity contribution >= 4 is 40.9 Å². The second-order valence-electron chi connectivity index (χ2n) is 7.47. The molecular formula is C27H27N3O3S. The van der Waals surface area contributed by atoms with E-state index >= 15 is 0 Å². The zero-order chi connectivity index (χ0) is 24.3. The predicted octanol–water partition coefficient (Wildman–Crippen LogP) is 4.22. The molecule has 0 saturated heterocycles. The number of hydrogen-bond donors (Lipinski definition) is 2. The Kier molecular flexibility index (Phi) is 8.94. The first-order valence-corrected chi connectivity index (χ1v) is 11.2. The number of thiocarbonyl (C=S) groups is 1. The summed E-state index contributed by atoms with van der Waals surface area (Å²) in [5, 5.41) is 5.82. The highest BCUT2D eigenvalue weighted by atomic mass is 32.1. The molecule has 0 unspecified atom stereocenters. The van der Waals surface area contributed by atoms with Gasteiger partial charge in [-0.2, -0.15) is 0 Å². The summed E-state index contributed by atoms with van der Waals surface area (Å²) in [7, 11) is 3.31. The van der Waals surface area contributed by atoms with Crippen molar-refractivity contribution < 1.29 is 14.3 Å². The molecule has 6 nitrogen and oxygen atoms in total. The van der Waals surface area contributed by atoms with Gasteiger partial charge in [-0.3, -0.25) is 14.9 Å². The van der Waals surface area contributed by atoms with E-state index in [4.69, 9.17) is 17.0 Å². The third kappa shape index (κ3) is 7.02. The molecule has 0 spiro atoms.